The van der Waals surface area contributed by atoms with Crippen molar-refractivity contribution in [3.63, 3.8) is 0 Å². The van der Waals surface area contributed by atoms with Crippen molar-refractivity contribution < 1.29 is 13.7 Å². The molecule has 124 valence electrons. The fraction of sp³-hybridized carbons (Fsp3) is 0.438. The second-order valence-corrected chi connectivity index (χ2v) is 5.49. The molecule has 0 bridgehead atoms. The Hall–Kier alpha value is -2.28. The zero-order chi connectivity index (χ0) is 16.7. The van der Waals surface area contributed by atoms with Gasteiger partial charge in [-0.1, -0.05) is 5.16 Å². The van der Waals surface area contributed by atoms with E-state index < -0.39 is 0 Å². The summed E-state index contributed by atoms with van der Waals surface area (Å²) >= 11 is 0. The lowest BCUT2D eigenvalue weighted by Crippen LogP contribution is -2.28. The van der Waals surface area contributed by atoms with E-state index in [0.717, 1.165) is 6.42 Å². The molecular formula is C16H21FN4O2. The number of nitrogens with two attached hydrogens (primary N) is 1. The Morgan fingerprint density at radius 1 is 1.39 bits per heavy atom. The molecule has 0 radical (unpaired) electrons. The molecule has 0 aliphatic heterocycles. The van der Waals surface area contributed by atoms with Gasteiger partial charge < -0.3 is 15.6 Å². The molecule has 0 aliphatic rings. The van der Waals surface area contributed by atoms with Crippen molar-refractivity contribution in [1.29, 1.82) is 0 Å². The number of nitrogens with one attached hydrogen (secondary N) is 1. The number of nitrogens with zero attached hydrogens (tertiary/aromatic N) is 2. The number of amides is 1. The Morgan fingerprint density at radius 3 is 2.83 bits per heavy atom. The first-order valence-electron chi connectivity index (χ1n) is 7.65. The highest BCUT2D eigenvalue weighted by molar-refractivity contribution is 5.75. The molecule has 1 unspecified atom stereocenters. The number of hydrogen-bond acceptors (Lipinski definition) is 5. The number of benzene rings is 1. The monoisotopic (exact) mass is 320 g/mol. The number of aryl methyl sites for hydroxylation is 1. The molecule has 0 saturated carbocycles. The van der Waals surface area contributed by atoms with Crippen LogP contribution in [0.4, 0.5) is 4.39 Å². The summed E-state index contributed by atoms with van der Waals surface area (Å²) in [5.41, 5.74) is 6.30. The minimum atomic E-state index is -0.312. The van der Waals surface area contributed by atoms with Gasteiger partial charge in [0.2, 0.25) is 17.6 Å². The molecule has 7 heteroatoms. The molecule has 1 aromatic carbocycles. The first-order valence-corrected chi connectivity index (χ1v) is 7.65. The highest BCUT2D eigenvalue weighted by Gasteiger charge is 2.09. The van der Waals surface area contributed by atoms with Crippen molar-refractivity contribution in [1.82, 2.24) is 15.5 Å². The molecule has 1 atom stereocenters. The molecule has 2 rings (SSSR count). The van der Waals surface area contributed by atoms with E-state index in [2.05, 4.69) is 15.5 Å². The first kappa shape index (κ1) is 17.1. The third-order valence-electron chi connectivity index (χ3n) is 3.29. The average Bonchev–Trinajstić information content (AvgIpc) is 2.96. The standard InChI is InChI=1S/C16H21FN4O2/c1-11(18)9-10-19-14(22)3-2-4-15-20-16(21-23-15)12-5-7-13(17)8-6-12/h5-8,11H,2-4,9-10,18H2,1H3,(H,19,22). The van der Waals surface area contributed by atoms with Gasteiger partial charge in [0.15, 0.2) is 0 Å². The normalized spacial score (nSPS) is 12.1. The van der Waals surface area contributed by atoms with Crippen LogP contribution < -0.4 is 11.1 Å². The predicted octanol–water partition coefficient (Wildman–Crippen LogP) is 2.05. The number of carbonyl (C=O) groups excluding carboxylic acids is 1. The van der Waals surface area contributed by atoms with Crippen LogP contribution in [0.5, 0.6) is 0 Å². The van der Waals surface area contributed by atoms with Crippen LogP contribution in [0.2, 0.25) is 0 Å². The zero-order valence-corrected chi connectivity index (χ0v) is 13.1. The molecule has 23 heavy (non-hydrogen) atoms. The van der Waals surface area contributed by atoms with E-state index in [1.54, 1.807) is 12.1 Å². The van der Waals surface area contributed by atoms with Crippen molar-refractivity contribution >= 4 is 5.91 Å². The quantitative estimate of drug-likeness (QED) is 0.776. The molecule has 1 heterocycles. The van der Waals surface area contributed by atoms with E-state index in [0.29, 0.717) is 43.1 Å². The topological polar surface area (TPSA) is 94.0 Å². The summed E-state index contributed by atoms with van der Waals surface area (Å²) in [4.78, 5) is 15.9. The summed E-state index contributed by atoms with van der Waals surface area (Å²) in [7, 11) is 0. The SMILES string of the molecule is CC(N)CCNC(=O)CCCc1nc(-c2ccc(F)cc2)no1. The van der Waals surface area contributed by atoms with E-state index in [-0.39, 0.29) is 17.8 Å². The summed E-state index contributed by atoms with van der Waals surface area (Å²) in [5.74, 6) is 0.561. The second kappa shape index (κ2) is 8.38. The van der Waals surface area contributed by atoms with Gasteiger partial charge in [0.05, 0.1) is 0 Å². The van der Waals surface area contributed by atoms with Crippen LogP contribution in [0, 0.1) is 5.82 Å². The second-order valence-electron chi connectivity index (χ2n) is 5.49. The number of halogens is 1. The number of rotatable bonds is 8. The van der Waals surface area contributed by atoms with Gasteiger partial charge in [0.25, 0.3) is 0 Å². The number of aromatic nitrogens is 2. The third kappa shape index (κ3) is 5.78. The Morgan fingerprint density at radius 2 is 2.13 bits per heavy atom. The maximum Gasteiger partial charge on any atom is 0.226 e. The molecule has 0 saturated heterocycles. The Kier molecular flexibility index (Phi) is 6.22. The largest absolute Gasteiger partial charge is 0.356 e. The number of carbonyl (C=O) groups is 1. The maximum absolute atomic E-state index is 12.9. The van der Waals surface area contributed by atoms with Gasteiger partial charge in [-0.15, -0.1) is 0 Å². The van der Waals surface area contributed by atoms with Crippen LogP contribution in [0.15, 0.2) is 28.8 Å². The van der Waals surface area contributed by atoms with Crippen LogP contribution in [-0.2, 0) is 11.2 Å². The van der Waals surface area contributed by atoms with Gasteiger partial charge in [-0.3, -0.25) is 4.79 Å². The van der Waals surface area contributed by atoms with Gasteiger partial charge in [0, 0.05) is 31.0 Å². The molecule has 1 aromatic heterocycles. The zero-order valence-electron chi connectivity index (χ0n) is 13.1. The molecule has 3 N–H and O–H groups in total. The Labute approximate surface area is 134 Å². The van der Waals surface area contributed by atoms with E-state index >= 15 is 0 Å². The van der Waals surface area contributed by atoms with E-state index in [1.165, 1.54) is 12.1 Å². The smallest absolute Gasteiger partial charge is 0.226 e. The Bertz CT molecular complexity index is 625. The van der Waals surface area contributed by atoms with E-state index in [9.17, 15) is 9.18 Å². The summed E-state index contributed by atoms with van der Waals surface area (Å²) in [6.07, 6.45) is 2.30. The fourth-order valence-electron chi connectivity index (χ4n) is 2.00. The van der Waals surface area contributed by atoms with Crippen molar-refractivity contribution in [2.75, 3.05) is 6.54 Å². The van der Waals surface area contributed by atoms with Crippen LogP contribution >= 0.6 is 0 Å². The molecule has 6 nitrogen and oxygen atoms in total. The third-order valence-corrected chi connectivity index (χ3v) is 3.29. The van der Waals surface area contributed by atoms with Crippen LogP contribution in [0.3, 0.4) is 0 Å². The molecule has 1 amide bonds. The van der Waals surface area contributed by atoms with Crippen LogP contribution in [0.1, 0.15) is 32.1 Å². The fourth-order valence-corrected chi connectivity index (χ4v) is 2.00. The van der Waals surface area contributed by atoms with Gasteiger partial charge in [0.1, 0.15) is 5.82 Å². The van der Waals surface area contributed by atoms with Crippen LogP contribution in [0.25, 0.3) is 11.4 Å². The van der Waals surface area contributed by atoms with E-state index in [4.69, 9.17) is 10.3 Å². The van der Waals surface area contributed by atoms with Gasteiger partial charge in [-0.05, 0) is 44.0 Å². The van der Waals surface area contributed by atoms with Crippen molar-refractivity contribution in [2.24, 2.45) is 5.73 Å². The minimum absolute atomic E-state index is 0.0103. The maximum atomic E-state index is 12.9. The average molecular weight is 320 g/mol. The first-order chi connectivity index (χ1) is 11.0. The molecule has 0 fully saturated rings. The lowest BCUT2D eigenvalue weighted by molar-refractivity contribution is -0.121. The van der Waals surface area contributed by atoms with Crippen molar-refractivity contribution in [3.05, 3.63) is 36.0 Å². The predicted molar refractivity (Wildman–Crippen MR) is 83.9 cm³/mol. The van der Waals surface area contributed by atoms with Gasteiger partial charge >= 0.3 is 0 Å². The van der Waals surface area contributed by atoms with E-state index in [1.807, 2.05) is 6.92 Å². The highest BCUT2D eigenvalue weighted by Crippen LogP contribution is 2.16. The van der Waals surface area contributed by atoms with Crippen molar-refractivity contribution in [3.8, 4) is 11.4 Å². The summed E-state index contributed by atoms with van der Waals surface area (Å²) in [5, 5.41) is 6.68. The van der Waals surface area contributed by atoms with Gasteiger partial charge in [-0.25, -0.2) is 4.39 Å². The van der Waals surface area contributed by atoms with Crippen LogP contribution in [-0.4, -0.2) is 28.6 Å². The number of hydrogen-bond donors (Lipinski definition) is 2. The summed E-state index contributed by atoms with van der Waals surface area (Å²) in [6, 6.07) is 5.96. The molecular weight excluding hydrogens is 299 g/mol. The lowest BCUT2D eigenvalue weighted by Gasteiger charge is -2.06. The molecule has 0 spiro atoms. The van der Waals surface area contributed by atoms with Gasteiger partial charge in [-0.2, -0.15) is 4.98 Å². The highest BCUT2D eigenvalue weighted by atomic mass is 19.1. The Balaban J connectivity index is 1.74. The van der Waals surface area contributed by atoms with Crippen molar-refractivity contribution in [2.45, 2.75) is 38.6 Å². The molecule has 0 aliphatic carbocycles. The lowest BCUT2D eigenvalue weighted by atomic mass is 10.2. The minimum Gasteiger partial charge on any atom is -0.356 e. The summed E-state index contributed by atoms with van der Waals surface area (Å²) in [6.45, 7) is 2.49. The summed E-state index contributed by atoms with van der Waals surface area (Å²) < 4.78 is 18.0. The molecule has 2 aromatic rings.